The molecule has 4 heteroatoms. The first-order valence-corrected chi connectivity index (χ1v) is 5.15. The van der Waals surface area contributed by atoms with Gasteiger partial charge in [0.25, 0.3) is 0 Å². The molecule has 0 heterocycles. The molecule has 0 aliphatic rings. The van der Waals surface area contributed by atoms with Crippen LogP contribution in [0, 0.1) is 11.8 Å². The number of benzene rings is 1. The normalized spacial score (nSPS) is 9.18. The van der Waals surface area contributed by atoms with E-state index in [-0.39, 0.29) is 13.2 Å². The smallest absolute Gasteiger partial charge is 0.204 e. The van der Waals surface area contributed by atoms with Crippen LogP contribution in [0.5, 0.6) is 17.2 Å². The molecule has 1 rings (SSSR count). The number of ether oxygens (including phenoxy) is 3. The summed E-state index contributed by atoms with van der Waals surface area (Å²) in [5.41, 5.74) is 0.702. The molecule has 0 aliphatic heterocycles. The lowest BCUT2D eigenvalue weighted by atomic mass is 10.2. The van der Waals surface area contributed by atoms with Crippen molar-refractivity contribution in [2.75, 3.05) is 20.8 Å². The Morgan fingerprint density at radius 1 is 1.18 bits per heavy atom. The van der Waals surface area contributed by atoms with Crippen molar-refractivity contribution < 1.29 is 19.3 Å². The minimum atomic E-state index is -0.0816. The van der Waals surface area contributed by atoms with E-state index in [1.54, 1.807) is 19.1 Å². The molecule has 1 aromatic rings. The maximum absolute atomic E-state index is 9.11. The van der Waals surface area contributed by atoms with Gasteiger partial charge in [-0.05, 0) is 24.6 Å². The fourth-order valence-electron chi connectivity index (χ4n) is 1.35. The molecule has 0 radical (unpaired) electrons. The number of hydrogen-bond acceptors (Lipinski definition) is 4. The Morgan fingerprint density at radius 3 is 2.18 bits per heavy atom. The van der Waals surface area contributed by atoms with Gasteiger partial charge in [-0.2, -0.15) is 0 Å². The van der Waals surface area contributed by atoms with Gasteiger partial charge < -0.3 is 19.3 Å². The lowest BCUT2D eigenvalue weighted by molar-refractivity contribution is 0.275. The molecule has 0 unspecified atom stereocenters. The molecule has 17 heavy (non-hydrogen) atoms. The second kappa shape index (κ2) is 6.66. The van der Waals surface area contributed by atoms with Gasteiger partial charge in [-0.25, -0.2) is 0 Å². The quantitative estimate of drug-likeness (QED) is 0.789. The highest BCUT2D eigenvalue weighted by Crippen LogP contribution is 2.38. The van der Waals surface area contributed by atoms with E-state index in [4.69, 9.17) is 19.3 Å². The fourth-order valence-corrected chi connectivity index (χ4v) is 1.35. The van der Waals surface area contributed by atoms with E-state index in [2.05, 4.69) is 11.8 Å². The Bertz CT molecular complexity index is 404. The molecule has 0 aliphatic carbocycles. The highest BCUT2D eigenvalue weighted by Gasteiger charge is 2.13. The second-order valence-electron chi connectivity index (χ2n) is 3.20. The minimum absolute atomic E-state index is 0.0816. The molecule has 0 atom stereocenters. The molecule has 0 amide bonds. The monoisotopic (exact) mass is 236 g/mol. The molecule has 92 valence electrons. The highest BCUT2D eigenvalue weighted by molar-refractivity contribution is 5.53. The lowest BCUT2D eigenvalue weighted by Gasteiger charge is -2.14. The number of methoxy groups -OCH3 is 2. The zero-order valence-electron chi connectivity index (χ0n) is 10.2. The van der Waals surface area contributed by atoms with E-state index in [1.807, 2.05) is 0 Å². The number of aliphatic hydroxyl groups is 1. The number of hydrogen-bond donors (Lipinski definition) is 1. The van der Waals surface area contributed by atoms with Gasteiger partial charge in [0.05, 0.1) is 20.8 Å². The summed E-state index contributed by atoms with van der Waals surface area (Å²) in [5, 5.41) is 9.11. The van der Waals surface area contributed by atoms with Crippen molar-refractivity contribution in [1.29, 1.82) is 0 Å². The van der Waals surface area contributed by atoms with Gasteiger partial charge in [0, 0.05) is 0 Å². The molecule has 1 aromatic carbocycles. The summed E-state index contributed by atoms with van der Waals surface area (Å²) in [7, 11) is 3.07. The summed E-state index contributed by atoms with van der Waals surface area (Å²) in [4.78, 5) is 0. The van der Waals surface area contributed by atoms with E-state index < -0.39 is 0 Å². The maximum atomic E-state index is 9.11. The summed E-state index contributed by atoms with van der Waals surface area (Å²) in [6.07, 6.45) is 0. The Balaban J connectivity index is 3.08. The number of aliphatic hydroxyl groups excluding tert-OH is 1. The average molecular weight is 236 g/mol. The second-order valence-corrected chi connectivity index (χ2v) is 3.20. The molecule has 0 saturated heterocycles. The Labute approximate surface area is 101 Å². The molecule has 0 aromatic heterocycles. The molecule has 4 nitrogen and oxygen atoms in total. The van der Waals surface area contributed by atoms with Gasteiger partial charge >= 0.3 is 0 Å². The van der Waals surface area contributed by atoms with E-state index in [0.29, 0.717) is 22.8 Å². The van der Waals surface area contributed by atoms with Crippen LogP contribution in [0.3, 0.4) is 0 Å². The van der Waals surface area contributed by atoms with Crippen LogP contribution in [0.2, 0.25) is 0 Å². The molecule has 1 N–H and O–H groups in total. The Morgan fingerprint density at radius 2 is 1.76 bits per heavy atom. The predicted molar refractivity (Wildman–Crippen MR) is 64.4 cm³/mol. The van der Waals surface area contributed by atoms with E-state index >= 15 is 0 Å². The molecule has 0 saturated carbocycles. The van der Waals surface area contributed by atoms with Crippen LogP contribution in [0.4, 0.5) is 0 Å². The van der Waals surface area contributed by atoms with Crippen LogP contribution in [-0.4, -0.2) is 25.9 Å². The zero-order chi connectivity index (χ0) is 12.7. The summed E-state index contributed by atoms with van der Waals surface area (Å²) in [5.74, 6) is 7.07. The third kappa shape index (κ3) is 3.30. The molecule has 0 fully saturated rings. The average Bonchev–Trinajstić information content (AvgIpc) is 2.38. The van der Waals surface area contributed by atoms with Crippen LogP contribution >= 0.6 is 0 Å². The van der Waals surface area contributed by atoms with Gasteiger partial charge in [-0.1, -0.05) is 5.92 Å². The van der Waals surface area contributed by atoms with Gasteiger partial charge in [0.2, 0.25) is 5.75 Å². The summed E-state index contributed by atoms with van der Waals surface area (Å²) >= 11 is 0. The lowest BCUT2D eigenvalue weighted by Crippen LogP contribution is -2.01. The first-order chi connectivity index (χ1) is 8.26. The predicted octanol–water partition coefficient (Wildman–Crippen LogP) is 1.60. The topological polar surface area (TPSA) is 47.9 Å². The van der Waals surface area contributed by atoms with Crippen LogP contribution in [-0.2, 0) is 6.61 Å². The Hall–Kier alpha value is -1.86. The largest absolute Gasteiger partial charge is 0.493 e. The van der Waals surface area contributed by atoms with Crippen molar-refractivity contribution in [3.63, 3.8) is 0 Å². The van der Waals surface area contributed by atoms with Gasteiger partial charge in [0.15, 0.2) is 11.5 Å². The fraction of sp³-hybridized carbons (Fsp3) is 0.385. The van der Waals surface area contributed by atoms with Crippen molar-refractivity contribution in [1.82, 2.24) is 0 Å². The standard InChI is InChI=1S/C13H16O4/c1-4-5-6-17-13-11(15-2)7-10(9-14)8-12(13)16-3/h7-8,14H,6,9H2,1-3H3. The minimum Gasteiger partial charge on any atom is -0.493 e. The number of rotatable bonds is 5. The van der Waals surface area contributed by atoms with Gasteiger partial charge in [0.1, 0.15) is 6.61 Å². The maximum Gasteiger partial charge on any atom is 0.204 e. The van der Waals surface area contributed by atoms with E-state index in [9.17, 15) is 0 Å². The van der Waals surface area contributed by atoms with E-state index in [0.717, 1.165) is 0 Å². The molecule has 0 spiro atoms. The Kier molecular flexibility index (Phi) is 5.18. The van der Waals surface area contributed by atoms with Crippen LogP contribution in [0.25, 0.3) is 0 Å². The van der Waals surface area contributed by atoms with Crippen molar-refractivity contribution in [3.8, 4) is 29.1 Å². The van der Waals surface area contributed by atoms with Crippen molar-refractivity contribution in [3.05, 3.63) is 17.7 Å². The van der Waals surface area contributed by atoms with Crippen LogP contribution in [0.1, 0.15) is 12.5 Å². The van der Waals surface area contributed by atoms with Crippen molar-refractivity contribution in [2.24, 2.45) is 0 Å². The van der Waals surface area contributed by atoms with E-state index in [1.165, 1.54) is 14.2 Å². The van der Waals surface area contributed by atoms with Crippen molar-refractivity contribution in [2.45, 2.75) is 13.5 Å². The summed E-state index contributed by atoms with van der Waals surface area (Å²) < 4.78 is 15.9. The highest BCUT2D eigenvalue weighted by atomic mass is 16.5. The third-order valence-electron chi connectivity index (χ3n) is 2.17. The molecule has 0 bridgehead atoms. The molecular formula is C13H16O4. The first kappa shape index (κ1) is 13.2. The van der Waals surface area contributed by atoms with Crippen molar-refractivity contribution >= 4 is 0 Å². The van der Waals surface area contributed by atoms with Crippen LogP contribution < -0.4 is 14.2 Å². The van der Waals surface area contributed by atoms with Gasteiger partial charge in [-0.15, -0.1) is 5.92 Å². The summed E-state index contributed by atoms with van der Waals surface area (Å²) in [6, 6.07) is 3.41. The molecular weight excluding hydrogens is 220 g/mol. The van der Waals surface area contributed by atoms with Crippen LogP contribution in [0.15, 0.2) is 12.1 Å². The zero-order valence-corrected chi connectivity index (χ0v) is 10.2. The SMILES string of the molecule is CC#CCOc1c(OC)cc(CO)cc1OC. The first-order valence-electron chi connectivity index (χ1n) is 5.15. The van der Waals surface area contributed by atoms with Gasteiger partial charge in [-0.3, -0.25) is 0 Å². The summed E-state index contributed by atoms with van der Waals surface area (Å²) in [6.45, 7) is 1.93. The third-order valence-corrected chi connectivity index (χ3v) is 2.17.